The summed E-state index contributed by atoms with van der Waals surface area (Å²) in [6, 6.07) is 0.697. The molecule has 0 unspecified atom stereocenters. The highest BCUT2D eigenvalue weighted by molar-refractivity contribution is 5.24. The molecule has 0 aromatic rings. The fourth-order valence-electron chi connectivity index (χ4n) is 2.08. The van der Waals surface area contributed by atoms with Crippen molar-refractivity contribution in [2.24, 2.45) is 0 Å². The molecule has 66 valence electrons. The molecule has 2 heteroatoms. The average molecular weight is 164 g/mol. The fraction of sp³-hybridized carbons (Fsp3) is 0.600. The van der Waals surface area contributed by atoms with Crippen LogP contribution in [-0.4, -0.2) is 31.1 Å². The summed E-state index contributed by atoms with van der Waals surface area (Å²) in [6.07, 6.45) is 9.05. The van der Waals surface area contributed by atoms with Crippen molar-refractivity contribution in [1.29, 1.82) is 0 Å². The quantitative estimate of drug-likeness (QED) is 0.625. The predicted molar refractivity (Wildman–Crippen MR) is 50.9 cm³/mol. The van der Waals surface area contributed by atoms with Crippen molar-refractivity contribution >= 4 is 0 Å². The van der Waals surface area contributed by atoms with Crippen LogP contribution in [0, 0.1) is 0 Å². The summed E-state index contributed by atoms with van der Waals surface area (Å²) in [4.78, 5) is 2.45. The Bertz CT molecular complexity index is 218. The number of rotatable bonds is 1. The Hall–Kier alpha value is -0.760. The molecule has 0 radical (unpaired) electrons. The molecule has 12 heavy (non-hydrogen) atoms. The maximum atomic E-state index is 3.26. The van der Waals surface area contributed by atoms with Gasteiger partial charge in [-0.15, -0.1) is 0 Å². The van der Waals surface area contributed by atoms with E-state index in [4.69, 9.17) is 0 Å². The van der Waals surface area contributed by atoms with Gasteiger partial charge in [0, 0.05) is 12.6 Å². The third-order valence-corrected chi connectivity index (χ3v) is 2.78. The fourth-order valence-corrected chi connectivity index (χ4v) is 2.08. The van der Waals surface area contributed by atoms with Crippen molar-refractivity contribution in [3.63, 3.8) is 0 Å². The molecule has 0 aromatic carbocycles. The van der Waals surface area contributed by atoms with E-state index in [-0.39, 0.29) is 0 Å². The number of nitrogens with zero attached hydrogens (tertiary/aromatic N) is 1. The first kappa shape index (κ1) is 7.87. The Balaban J connectivity index is 2.07. The zero-order valence-electron chi connectivity index (χ0n) is 7.59. The van der Waals surface area contributed by atoms with Crippen LogP contribution >= 0.6 is 0 Å². The van der Waals surface area contributed by atoms with E-state index < -0.39 is 0 Å². The molecule has 2 heterocycles. The zero-order valence-corrected chi connectivity index (χ0v) is 7.59. The summed E-state index contributed by atoms with van der Waals surface area (Å²) in [5.41, 5.74) is 1.54. The van der Waals surface area contributed by atoms with Gasteiger partial charge in [-0.1, -0.05) is 6.08 Å². The summed E-state index contributed by atoms with van der Waals surface area (Å²) >= 11 is 0. The number of likely N-dealkylation sites (tertiary alicyclic amines) is 1. The Morgan fingerprint density at radius 2 is 2.50 bits per heavy atom. The molecular formula is C10H16N2. The van der Waals surface area contributed by atoms with Crippen LogP contribution < -0.4 is 5.32 Å². The molecule has 0 aliphatic carbocycles. The van der Waals surface area contributed by atoms with Crippen molar-refractivity contribution in [1.82, 2.24) is 10.2 Å². The standard InChI is InChI=1S/C10H16N2/c1-12-7-3-5-10(12)9-4-2-6-11-8-9/h2,4,6,10-11H,3,5,7-8H2,1H3/t10-/m0/s1. The zero-order chi connectivity index (χ0) is 8.39. The van der Waals surface area contributed by atoms with Crippen molar-refractivity contribution in [2.45, 2.75) is 18.9 Å². The topological polar surface area (TPSA) is 15.3 Å². The van der Waals surface area contributed by atoms with Crippen molar-refractivity contribution in [2.75, 3.05) is 20.1 Å². The van der Waals surface area contributed by atoms with E-state index in [0.29, 0.717) is 6.04 Å². The lowest BCUT2D eigenvalue weighted by Crippen LogP contribution is -2.31. The van der Waals surface area contributed by atoms with E-state index in [1.54, 1.807) is 0 Å². The van der Waals surface area contributed by atoms with E-state index in [0.717, 1.165) is 6.54 Å². The first-order chi connectivity index (χ1) is 5.88. The van der Waals surface area contributed by atoms with Gasteiger partial charge in [-0.2, -0.15) is 0 Å². The van der Waals surface area contributed by atoms with Gasteiger partial charge in [-0.25, -0.2) is 0 Å². The minimum Gasteiger partial charge on any atom is -0.387 e. The van der Waals surface area contributed by atoms with Crippen LogP contribution in [0.25, 0.3) is 0 Å². The number of hydrogen-bond donors (Lipinski definition) is 1. The molecule has 2 aliphatic rings. The molecule has 2 aliphatic heterocycles. The van der Waals surface area contributed by atoms with Gasteiger partial charge in [0.2, 0.25) is 0 Å². The molecule has 1 atom stereocenters. The Labute approximate surface area is 73.9 Å². The molecule has 2 rings (SSSR count). The Morgan fingerprint density at radius 1 is 1.58 bits per heavy atom. The third-order valence-electron chi connectivity index (χ3n) is 2.78. The molecule has 1 fully saturated rings. The van der Waals surface area contributed by atoms with Gasteiger partial charge in [-0.05, 0) is 44.3 Å². The van der Waals surface area contributed by atoms with Crippen LogP contribution in [0.15, 0.2) is 23.9 Å². The maximum absolute atomic E-state index is 3.26. The highest BCUT2D eigenvalue weighted by Gasteiger charge is 2.23. The van der Waals surface area contributed by atoms with E-state index in [9.17, 15) is 0 Å². The predicted octanol–water partition coefficient (Wildman–Crippen LogP) is 1.12. The third kappa shape index (κ3) is 1.39. The molecule has 0 spiro atoms. The van der Waals surface area contributed by atoms with Crippen molar-refractivity contribution in [3.8, 4) is 0 Å². The van der Waals surface area contributed by atoms with Crippen LogP contribution in [0.5, 0.6) is 0 Å². The Kier molecular flexibility index (Phi) is 2.17. The minimum absolute atomic E-state index is 0.697. The second-order valence-electron chi connectivity index (χ2n) is 3.62. The molecule has 1 N–H and O–H groups in total. The largest absolute Gasteiger partial charge is 0.387 e. The van der Waals surface area contributed by atoms with Crippen LogP contribution in [0.3, 0.4) is 0 Å². The van der Waals surface area contributed by atoms with E-state index in [2.05, 4.69) is 29.4 Å². The van der Waals surface area contributed by atoms with Crippen LogP contribution in [0.2, 0.25) is 0 Å². The van der Waals surface area contributed by atoms with Gasteiger partial charge in [0.15, 0.2) is 0 Å². The summed E-state index contributed by atoms with van der Waals surface area (Å²) in [5.74, 6) is 0. The normalized spacial score (nSPS) is 30.1. The highest BCUT2D eigenvalue weighted by Crippen LogP contribution is 2.22. The molecule has 0 bridgehead atoms. The van der Waals surface area contributed by atoms with E-state index in [1.807, 2.05) is 6.20 Å². The monoisotopic (exact) mass is 164 g/mol. The van der Waals surface area contributed by atoms with Gasteiger partial charge in [0.1, 0.15) is 0 Å². The minimum atomic E-state index is 0.697. The lowest BCUT2D eigenvalue weighted by atomic mass is 10.0. The summed E-state index contributed by atoms with van der Waals surface area (Å²) in [5, 5.41) is 3.26. The molecule has 1 saturated heterocycles. The van der Waals surface area contributed by atoms with Gasteiger partial charge >= 0.3 is 0 Å². The lowest BCUT2D eigenvalue weighted by Gasteiger charge is -2.23. The number of likely N-dealkylation sites (N-methyl/N-ethyl adjacent to an activating group) is 1. The van der Waals surface area contributed by atoms with Gasteiger partial charge in [0.05, 0.1) is 0 Å². The second-order valence-corrected chi connectivity index (χ2v) is 3.62. The first-order valence-electron chi connectivity index (χ1n) is 4.67. The molecule has 0 saturated carbocycles. The summed E-state index contributed by atoms with van der Waals surface area (Å²) in [7, 11) is 2.22. The second kappa shape index (κ2) is 3.31. The number of hydrogen-bond acceptors (Lipinski definition) is 2. The first-order valence-corrected chi connectivity index (χ1v) is 4.67. The van der Waals surface area contributed by atoms with Gasteiger partial charge < -0.3 is 5.32 Å². The van der Waals surface area contributed by atoms with Crippen LogP contribution in [0.1, 0.15) is 12.8 Å². The summed E-state index contributed by atoms with van der Waals surface area (Å²) in [6.45, 7) is 2.29. The summed E-state index contributed by atoms with van der Waals surface area (Å²) < 4.78 is 0. The van der Waals surface area contributed by atoms with E-state index in [1.165, 1.54) is 25.0 Å². The van der Waals surface area contributed by atoms with Gasteiger partial charge in [-0.3, -0.25) is 4.90 Å². The molecular weight excluding hydrogens is 148 g/mol. The number of dihydropyridines is 1. The van der Waals surface area contributed by atoms with Crippen molar-refractivity contribution in [3.05, 3.63) is 23.9 Å². The van der Waals surface area contributed by atoms with E-state index >= 15 is 0 Å². The van der Waals surface area contributed by atoms with Crippen molar-refractivity contribution < 1.29 is 0 Å². The number of allylic oxidation sites excluding steroid dienone is 2. The number of nitrogens with one attached hydrogen (secondary N) is 1. The maximum Gasteiger partial charge on any atom is 0.0373 e. The molecule has 0 amide bonds. The molecule has 2 nitrogen and oxygen atoms in total. The van der Waals surface area contributed by atoms with Crippen LogP contribution in [-0.2, 0) is 0 Å². The molecule has 0 aromatic heterocycles. The van der Waals surface area contributed by atoms with Crippen LogP contribution in [0.4, 0.5) is 0 Å². The lowest BCUT2D eigenvalue weighted by molar-refractivity contribution is 0.341. The van der Waals surface area contributed by atoms with Gasteiger partial charge in [0.25, 0.3) is 0 Å². The SMILES string of the molecule is CN1CCC[C@H]1C1=CC=CNC1. The average Bonchev–Trinajstić information content (AvgIpc) is 2.53. The smallest absolute Gasteiger partial charge is 0.0373 e. The highest BCUT2D eigenvalue weighted by atomic mass is 15.1. The Morgan fingerprint density at radius 3 is 3.08 bits per heavy atom.